The minimum Gasteiger partial charge on any atom is -0.486 e. The van der Waals surface area contributed by atoms with Gasteiger partial charge in [-0.05, 0) is 56.0 Å². The van der Waals surface area contributed by atoms with Gasteiger partial charge in [0.25, 0.3) is 5.91 Å². The van der Waals surface area contributed by atoms with Gasteiger partial charge in [0, 0.05) is 13.1 Å². The van der Waals surface area contributed by atoms with Gasteiger partial charge in [-0.15, -0.1) is 0 Å². The Morgan fingerprint density at radius 3 is 2.57 bits per heavy atom. The predicted molar refractivity (Wildman–Crippen MR) is 117 cm³/mol. The molecular formula is C23H28ClN3O3. The predicted octanol–water partition coefficient (Wildman–Crippen LogP) is 5.27. The number of carbonyl (C=O) groups excluding carboxylic acids is 1. The van der Waals surface area contributed by atoms with Crippen molar-refractivity contribution in [3.05, 3.63) is 69.9 Å². The summed E-state index contributed by atoms with van der Waals surface area (Å²) in [6.45, 7) is 9.60. The van der Waals surface area contributed by atoms with Crippen molar-refractivity contribution in [3.63, 3.8) is 0 Å². The Morgan fingerprint density at radius 1 is 1.20 bits per heavy atom. The zero-order chi connectivity index (χ0) is 21.7. The summed E-state index contributed by atoms with van der Waals surface area (Å²) in [5.41, 5.74) is 3.02. The van der Waals surface area contributed by atoms with Gasteiger partial charge >= 0.3 is 0 Å². The van der Waals surface area contributed by atoms with Crippen LogP contribution in [-0.2, 0) is 13.2 Å². The molecule has 2 aromatic heterocycles. The maximum absolute atomic E-state index is 12.3. The summed E-state index contributed by atoms with van der Waals surface area (Å²) in [5, 5.41) is 7.95. The van der Waals surface area contributed by atoms with Crippen LogP contribution in [-0.4, -0.2) is 22.2 Å². The van der Waals surface area contributed by atoms with Crippen molar-refractivity contribution >= 4 is 17.5 Å². The number of ether oxygens (including phenoxy) is 1. The van der Waals surface area contributed by atoms with Gasteiger partial charge < -0.3 is 14.5 Å². The van der Waals surface area contributed by atoms with Crippen LogP contribution in [0.15, 0.2) is 40.8 Å². The standard InChI is InChI=1S/C23H28ClN3O3/c1-15(2)18-6-8-19(9-7-18)29-14-20-10-11-21(30-20)23(28)25-12-5-13-27-17(4)22(24)16(3)26-27/h6-11,15H,5,12-14H2,1-4H3,(H,25,28). The van der Waals surface area contributed by atoms with Crippen molar-refractivity contribution in [1.29, 1.82) is 0 Å². The molecule has 0 atom stereocenters. The number of amides is 1. The Kier molecular flexibility index (Phi) is 7.21. The monoisotopic (exact) mass is 429 g/mol. The van der Waals surface area contributed by atoms with E-state index in [0.29, 0.717) is 29.8 Å². The Balaban J connectivity index is 1.43. The van der Waals surface area contributed by atoms with Crippen molar-refractivity contribution < 1.29 is 13.9 Å². The summed E-state index contributed by atoms with van der Waals surface area (Å²) >= 11 is 6.15. The third kappa shape index (κ3) is 5.45. The fourth-order valence-electron chi connectivity index (χ4n) is 3.09. The molecule has 160 valence electrons. The number of nitrogens with zero attached hydrogens (tertiary/aromatic N) is 2. The maximum atomic E-state index is 12.3. The topological polar surface area (TPSA) is 69.3 Å². The van der Waals surface area contributed by atoms with E-state index in [2.05, 4.69) is 36.4 Å². The molecule has 1 aromatic carbocycles. The first-order chi connectivity index (χ1) is 14.3. The van der Waals surface area contributed by atoms with Crippen molar-refractivity contribution in [3.8, 4) is 5.75 Å². The number of rotatable bonds is 9. The average molecular weight is 430 g/mol. The van der Waals surface area contributed by atoms with Crippen LogP contribution in [0.1, 0.15) is 59.5 Å². The van der Waals surface area contributed by atoms with E-state index >= 15 is 0 Å². The van der Waals surface area contributed by atoms with Crippen LogP contribution in [0.5, 0.6) is 5.75 Å². The summed E-state index contributed by atoms with van der Waals surface area (Å²) in [4.78, 5) is 12.3. The molecule has 0 aliphatic rings. The van der Waals surface area contributed by atoms with E-state index in [1.165, 1.54) is 5.56 Å². The molecule has 1 N–H and O–H groups in total. The molecule has 0 fully saturated rings. The summed E-state index contributed by atoms with van der Waals surface area (Å²) in [7, 11) is 0. The first kappa shape index (κ1) is 22.0. The molecule has 1 amide bonds. The van der Waals surface area contributed by atoms with E-state index in [9.17, 15) is 4.79 Å². The quantitative estimate of drug-likeness (QED) is 0.470. The molecule has 0 saturated heterocycles. The van der Waals surface area contributed by atoms with Crippen molar-refractivity contribution in [1.82, 2.24) is 15.1 Å². The maximum Gasteiger partial charge on any atom is 0.286 e. The number of hydrogen-bond acceptors (Lipinski definition) is 4. The molecule has 30 heavy (non-hydrogen) atoms. The second-order valence-corrected chi connectivity index (χ2v) is 7.97. The van der Waals surface area contributed by atoms with Crippen LogP contribution < -0.4 is 10.1 Å². The van der Waals surface area contributed by atoms with Crippen LogP contribution in [0.2, 0.25) is 5.02 Å². The van der Waals surface area contributed by atoms with Crippen molar-refractivity contribution in [2.45, 2.75) is 53.2 Å². The number of hydrogen-bond donors (Lipinski definition) is 1. The molecule has 2 heterocycles. The average Bonchev–Trinajstić information content (AvgIpc) is 3.30. The van der Waals surface area contributed by atoms with Gasteiger partial charge in [0.15, 0.2) is 5.76 Å². The van der Waals surface area contributed by atoms with E-state index in [-0.39, 0.29) is 18.3 Å². The van der Waals surface area contributed by atoms with Gasteiger partial charge in [0.2, 0.25) is 0 Å². The largest absolute Gasteiger partial charge is 0.486 e. The van der Waals surface area contributed by atoms with Crippen LogP contribution in [0, 0.1) is 13.8 Å². The van der Waals surface area contributed by atoms with Gasteiger partial charge in [0.1, 0.15) is 18.1 Å². The minimum atomic E-state index is -0.242. The molecule has 0 spiro atoms. The highest BCUT2D eigenvalue weighted by Crippen LogP contribution is 2.20. The highest BCUT2D eigenvalue weighted by molar-refractivity contribution is 6.31. The normalized spacial score (nSPS) is 11.1. The molecule has 6 nitrogen and oxygen atoms in total. The van der Waals surface area contributed by atoms with Gasteiger partial charge in [0.05, 0.1) is 16.4 Å². The number of aromatic nitrogens is 2. The molecule has 7 heteroatoms. The first-order valence-corrected chi connectivity index (χ1v) is 10.5. The first-order valence-electron chi connectivity index (χ1n) is 10.1. The minimum absolute atomic E-state index is 0.242. The SMILES string of the molecule is Cc1nn(CCCNC(=O)c2ccc(COc3ccc(C(C)C)cc3)o2)c(C)c1Cl. The van der Waals surface area contributed by atoms with Crippen molar-refractivity contribution in [2.75, 3.05) is 6.54 Å². The second-order valence-electron chi connectivity index (χ2n) is 7.60. The fraction of sp³-hybridized carbons (Fsp3) is 0.391. The third-order valence-corrected chi connectivity index (χ3v) is 5.49. The Morgan fingerprint density at radius 2 is 1.93 bits per heavy atom. The molecule has 0 bridgehead atoms. The van der Waals surface area contributed by atoms with Gasteiger partial charge in [-0.3, -0.25) is 9.48 Å². The Labute approximate surface area is 182 Å². The fourth-order valence-corrected chi connectivity index (χ4v) is 3.23. The molecule has 3 rings (SSSR count). The second kappa shape index (κ2) is 9.85. The highest BCUT2D eigenvalue weighted by atomic mass is 35.5. The lowest BCUT2D eigenvalue weighted by molar-refractivity contribution is 0.0920. The lowest BCUT2D eigenvalue weighted by Gasteiger charge is -2.08. The molecule has 0 aliphatic heterocycles. The molecule has 3 aromatic rings. The van der Waals surface area contributed by atoms with E-state index in [4.69, 9.17) is 20.8 Å². The van der Waals surface area contributed by atoms with E-state index < -0.39 is 0 Å². The van der Waals surface area contributed by atoms with Gasteiger partial charge in [-0.2, -0.15) is 5.10 Å². The number of halogens is 1. The molecule has 0 saturated carbocycles. The van der Waals surface area contributed by atoms with Gasteiger partial charge in [-0.1, -0.05) is 37.6 Å². The summed E-state index contributed by atoms with van der Waals surface area (Å²) in [6.07, 6.45) is 0.743. The summed E-state index contributed by atoms with van der Waals surface area (Å²) < 4.78 is 13.2. The molecule has 0 unspecified atom stereocenters. The van der Waals surface area contributed by atoms with Crippen LogP contribution in [0.3, 0.4) is 0 Å². The Hall–Kier alpha value is -2.73. The van der Waals surface area contributed by atoms with E-state index in [0.717, 1.165) is 23.6 Å². The number of nitrogens with one attached hydrogen (secondary N) is 1. The van der Waals surface area contributed by atoms with Gasteiger partial charge in [-0.25, -0.2) is 0 Å². The van der Waals surface area contributed by atoms with E-state index in [1.54, 1.807) is 12.1 Å². The third-order valence-electron chi connectivity index (χ3n) is 4.94. The lowest BCUT2D eigenvalue weighted by atomic mass is 10.0. The summed E-state index contributed by atoms with van der Waals surface area (Å²) in [5.74, 6) is 1.89. The lowest BCUT2D eigenvalue weighted by Crippen LogP contribution is -2.25. The van der Waals surface area contributed by atoms with E-state index in [1.807, 2.05) is 30.7 Å². The van der Waals surface area contributed by atoms with Crippen molar-refractivity contribution in [2.24, 2.45) is 0 Å². The summed E-state index contributed by atoms with van der Waals surface area (Å²) in [6, 6.07) is 11.4. The Bertz CT molecular complexity index is 990. The zero-order valence-corrected chi connectivity index (χ0v) is 18.6. The highest BCUT2D eigenvalue weighted by Gasteiger charge is 2.12. The molecule has 0 radical (unpaired) electrons. The zero-order valence-electron chi connectivity index (χ0n) is 17.9. The van der Waals surface area contributed by atoms with Crippen LogP contribution in [0.4, 0.5) is 0 Å². The molecular weight excluding hydrogens is 402 g/mol. The smallest absolute Gasteiger partial charge is 0.286 e. The number of carbonyl (C=O) groups is 1. The number of benzene rings is 1. The number of furan rings is 1. The molecule has 0 aliphatic carbocycles. The van der Waals surface area contributed by atoms with Crippen LogP contribution in [0.25, 0.3) is 0 Å². The number of aryl methyl sites for hydroxylation is 2. The van der Waals surface area contributed by atoms with Crippen LogP contribution >= 0.6 is 11.6 Å².